The summed E-state index contributed by atoms with van der Waals surface area (Å²) in [6, 6.07) is 0. The van der Waals surface area contributed by atoms with Gasteiger partial charge in [0.05, 0.1) is 6.61 Å². The Kier molecular flexibility index (Phi) is 12.8. The van der Waals surface area contributed by atoms with Crippen LogP contribution in [-0.4, -0.2) is 96.7 Å². The van der Waals surface area contributed by atoms with Gasteiger partial charge in [0.15, 0.2) is 38.1 Å². The quantitative estimate of drug-likeness (QED) is 0.166. The highest BCUT2D eigenvalue weighted by atomic mass is 16.6. The molecule has 3 unspecified atom stereocenters. The van der Waals surface area contributed by atoms with Crippen molar-refractivity contribution >= 4 is 41.8 Å². The molecule has 2 N–H and O–H groups in total. The molecule has 0 fully saturated rings. The first-order chi connectivity index (χ1) is 14.9. The average molecular weight is 466 g/mol. The summed E-state index contributed by atoms with van der Waals surface area (Å²) in [6.45, 7) is -0.611. The van der Waals surface area contributed by atoms with E-state index >= 15 is 0 Å². The lowest BCUT2D eigenvalue weighted by molar-refractivity contribution is -0.179. The summed E-state index contributed by atoms with van der Waals surface area (Å²) >= 11 is 0. The number of aliphatic hydroxyl groups excluding tert-OH is 2. The summed E-state index contributed by atoms with van der Waals surface area (Å²) < 4.78 is 26.6. The van der Waals surface area contributed by atoms with Crippen LogP contribution in [0.15, 0.2) is 0 Å². The predicted molar refractivity (Wildman–Crippen MR) is 93.9 cm³/mol. The van der Waals surface area contributed by atoms with Gasteiger partial charge >= 0.3 is 41.8 Å². The normalized spacial score (nSPS) is 12.9. The van der Waals surface area contributed by atoms with E-state index in [-0.39, 0.29) is 0 Å². The van der Waals surface area contributed by atoms with Crippen molar-refractivity contribution in [2.45, 2.75) is 39.1 Å². The van der Waals surface area contributed by atoms with Crippen molar-refractivity contribution in [1.82, 2.24) is 0 Å². The highest BCUT2D eigenvalue weighted by molar-refractivity contribution is 5.87. The maximum atomic E-state index is 11.7. The second-order valence-corrected chi connectivity index (χ2v) is 5.75. The molecule has 32 heavy (non-hydrogen) atoms. The topological polar surface area (TPSA) is 215 Å². The third-order valence-corrected chi connectivity index (χ3v) is 2.98. The zero-order valence-electron chi connectivity index (χ0n) is 17.3. The number of carbonyl (C=O) groups excluding carboxylic acids is 7. The Morgan fingerprint density at radius 3 is 1.44 bits per heavy atom. The molecular weight excluding hydrogens is 444 g/mol. The number of carbonyl (C=O) groups is 7. The maximum Gasteiger partial charge on any atom is 0.351 e. The fourth-order valence-corrected chi connectivity index (χ4v) is 1.54. The Morgan fingerprint density at radius 2 is 1.06 bits per heavy atom. The summed E-state index contributed by atoms with van der Waals surface area (Å²) in [5.74, 6) is -8.02. The van der Waals surface area contributed by atoms with E-state index in [1.807, 2.05) is 0 Å². The second kappa shape index (κ2) is 14.4. The van der Waals surface area contributed by atoms with Crippen molar-refractivity contribution < 1.29 is 72.2 Å². The molecule has 0 heterocycles. The molecule has 0 aromatic rings. The first kappa shape index (κ1) is 28.4. The fraction of sp³-hybridized carbons (Fsp3) is 0.588. The summed E-state index contributed by atoms with van der Waals surface area (Å²) in [7, 11) is 0. The third kappa shape index (κ3) is 12.2. The molecule has 180 valence electrons. The van der Waals surface area contributed by atoms with Gasteiger partial charge in [-0.25, -0.2) is 28.8 Å². The molecule has 15 heteroatoms. The molecule has 0 aliphatic heterocycles. The van der Waals surface area contributed by atoms with Gasteiger partial charge in [-0.2, -0.15) is 0 Å². The van der Waals surface area contributed by atoms with Crippen LogP contribution in [0.5, 0.6) is 0 Å². The van der Waals surface area contributed by atoms with Crippen LogP contribution < -0.4 is 0 Å². The van der Waals surface area contributed by atoms with E-state index in [0.717, 1.165) is 20.8 Å². The van der Waals surface area contributed by atoms with Gasteiger partial charge in [-0.1, -0.05) is 0 Å². The van der Waals surface area contributed by atoms with Crippen molar-refractivity contribution in [3.05, 3.63) is 0 Å². The number of hydrogen-bond acceptors (Lipinski definition) is 15. The highest BCUT2D eigenvalue weighted by Gasteiger charge is 2.25. The number of aliphatic hydroxyl groups is 2. The van der Waals surface area contributed by atoms with Crippen molar-refractivity contribution in [3.8, 4) is 0 Å². The summed E-state index contributed by atoms with van der Waals surface area (Å²) in [5, 5.41) is 17.5. The van der Waals surface area contributed by atoms with E-state index in [1.165, 1.54) is 0 Å². The van der Waals surface area contributed by atoms with E-state index in [9.17, 15) is 33.6 Å². The van der Waals surface area contributed by atoms with Crippen LogP contribution in [0, 0.1) is 0 Å². The molecular formula is C17H22O15. The number of ether oxygens (including phenoxy) is 6. The Bertz CT molecular complexity index is 727. The highest BCUT2D eigenvalue weighted by Crippen LogP contribution is 2.00. The van der Waals surface area contributed by atoms with E-state index in [0.29, 0.717) is 0 Å². The number of hydrogen-bond donors (Lipinski definition) is 2. The van der Waals surface area contributed by atoms with Crippen LogP contribution in [0.3, 0.4) is 0 Å². The molecule has 0 aromatic heterocycles. The molecule has 0 aliphatic rings. The lowest BCUT2D eigenvalue weighted by Crippen LogP contribution is -2.33. The second-order valence-electron chi connectivity index (χ2n) is 5.75. The zero-order valence-corrected chi connectivity index (χ0v) is 17.3. The molecule has 0 saturated carbocycles. The van der Waals surface area contributed by atoms with Gasteiger partial charge in [0.1, 0.15) is 0 Å². The monoisotopic (exact) mass is 466 g/mol. The summed E-state index contributed by atoms with van der Waals surface area (Å²) in [5.41, 5.74) is 0. The molecule has 0 radical (unpaired) electrons. The van der Waals surface area contributed by atoms with E-state index in [2.05, 4.69) is 28.4 Å². The first-order valence-electron chi connectivity index (χ1n) is 8.76. The number of esters is 7. The van der Waals surface area contributed by atoms with Crippen LogP contribution in [0.25, 0.3) is 0 Å². The molecule has 0 aliphatic carbocycles. The van der Waals surface area contributed by atoms with Crippen LogP contribution in [-0.2, 0) is 62.0 Å². The molecule has 0 rings (SSSR count). The summed E-state index contributed by atoms with van der Waals surface area (Å²) in [4.78, 5) is 79.0. The summed E-state index contributed by atoms with van der Waals surface area (Å²) in [6.07, 6.45) is -4.86. The van der Waals surface area contributed by atoms with Gasteiger partial charge in [0.2, 0.25) is 0 Å². The average Bonchev–Trinajstić information content (AvgIpc) is 2.72. The Balaban J connectivity index is 4.27. The maximum absolute atomic E-state index is 11.7. The Labute approximate surface area is 180 Å². The van der Waals surface area contributed by atoms with Crippen molar-refractivity contribution in [2.24, 2.45) is 0 Å². The van der Waals surface area contributed by atoms with Gasteiger partial charge in [0.25, 0.3) is 0 Å². The van der Waals surface area contributed by atoms with Gasteiger partial charge < -0.3 is 38.6 Å². The van der Waals surface area contributed by atoms with Crippen LogP contribution in [0.2, 0.25) is 0 Å². The molecule has 0 bridgehead atoms. The van der Waals surface area contributed by atoms with Crippen LogP contribution in [0.4, 0.5) is 0 Å². The molecule has 0 spiro atoms. The van der Waals surface area contributed by atoms with E-state index < -0.39 is 86.5 Å². The minimum Gasteiger partial charge on any atom is -0.452 e. The van der Waals surface area contributed by atoms with Crippen molar-refractivity contribution in [2.75, 3.05) is 26.4 Å². The van der Waals surface area contributed by atoms with Gasteiger partial charge in [-0.3, -0.25) is 4.79 Å². The van der Waals surface area contributed by atoms with Crippen molar-refractivity contribution in [3.63, 3.8) is 0 Å². The lowest BCUT2D eigenvalue weighted by Gasteiger charge is -2.14. The van der Waals surface area contributed by atoms with Gasteiger partial charge in [-0.15, -0.1) is 0 Å². The first-order valence-corrected chi connectivity index (χ1v) is 8.76. The third-order valence-electron chi connectivity index (χ3n) is 2.98. The van der Waals surface area contributed by atoms with Crippen LogP contribution in [0.1, 0.15) is 20.8 Å². The molecule has 0 aromatic carbocycles. The van der Waals surface area contributed by atoms with Crippen molar-refractivity contribution in [1.29, 1.82) is 0 Å². The Hall–Kier alpha value is -3.59. The Morgan fingerprint density at radius 1 is 0.688 bits per heavy atom. The predicted octanol–water partition coefficient (Wildman–Crippen LogP) is -3.08. The van der Waals surface area contributed by atoms with Gasteiger partial charge in [0, 0.05) is 6.92 Å². The molecule has 0 amide bonds. The molecule has 15 nitrogen and oxygen atoms in total. The minimum absolute atomic E-state index is 0.896. The lowest BCUT2D eigenvalue weighted by atomic mass is 10.4. The minimum atomic E-state index is -1.84. The largest absolute Gasteiger partial charge is 0.452 e. The SMILES string of the molecule is CC(=O)OC(=O)COC(=O)C(C)OC(=O)COC(=O)C(C)OC(=O)COC(=O)C(O)CO. The number of rotatable bonds is 12. The van der Waals surface area contributed by atoms with Gasteiger partial charge in [-0.05, 0) is 13.8 Å². The zero-order chi connectivity index (χ0) is 24.8. The van der Waals surface area contributed by atoms with E-state index in [1.54, 1.807) is 0 Å². The standard InChI is InChI=1S/C17H22O15/c1-8(31-13(22)6-29-17(26)11(20)4-18)15(24)27-5-12(21)30-9(2)16(25)28-7-14(23)32-10(3)19/h8-9,11,18,20H,4-7H2,1-3H3. The fourth-order valence-electron chi connectivity index (χ4n) is 1.54. The molecule has 0 saturated heterocycles. The van der Waals surface area contributed by atoms with Crippen LogP contribution >= 0.6 is 0 Å². The molecule has 3 atom stereocenters. The smallest absolute Gasteiger partial charge is 0.351 e. The van der Waals surface area contributed by atoms with E-state index in [4.69, 9.17) is 10.2 Å².